The van der Waals surface area contributed by atoms with Crippen molar-refractivity contribution in [3.63, 3.8) is 0 Å². The Balaban J connectivity index is 1.99. The van der Waals surface area contributed by atoms with Crippen molar-refractivity contribution >= 4 is 22.5 Å². The highest BCUT2D eigenvalue weighted by Gasteiger charge is 2.25. The first kappa shape index (κ1) is 15.0. The van der Waals surface area contributed by atoms with Gasteiger partial charge in [0.15, 0.2) is 5.65 Å². The van der Waals surface area contributed by atoms with E-state index in [1.807, 2.05) is 18.2 Å². The number of hydrogen-bond donors (Lipinski definition) is 2. The number of imidazole rings is 1. The zero-order valence-corrected chi connectivity index (χ0v) is 14.2. The van der Waals surface area contributed by atoms with E-state index in [0.29, 0.717) is 0 Å². The third-order valence-electron chi connectivity index (χ3n) is 4.84. The van der Waals surface area contributed by atoms with Crippen LogP contribution in [0.3, 0.4) is 0 Å². The van der Waals surface area contributed by atoms with Gasteiger partial charge in [-0.3, -0.25) is 4.40 Å². The van der Waals surface area contributed by atoms with Crippen LogP contribution in [0.15, 0.2) is 24.3 Å². The molecule has 2 heterocycles. The van der Waals surface area contributed by atoms with Crippen LogP contribution in [0.25, 0.3) is 16.7 Å². The second-order valence-corrected chi connectivity index (χ2v) is 6.79. The number of aromatic nitrogens is 2. The molecule has 2 N–H and O–H groups in total. The van der Waals surface area contributed by atoms with Crippen molar-refractivity contribution in [3.05, 3.63) is 41.0 Å². The van der Waals surface area contributed by atoms with Crippen molar-refractivity contribution in [2.45, 2.75) is 19.3 Å². The Morgan fingerprint density at radius 3 is 2.83 bits per heavy atom. The van der Waals surface area contributed by atoms with Gasteiger partial charge in [0.05, 0.1) is 43.8 Å². The molecule has 0 radical (unpaired) electrons. The second-order valence-electron chi connectivity index (χ2n) is 6.79. The van der Waals surface area contributed by atoms with E-state index in [1.165, 1.54) is 16.0 Å². The summed E-state index contributed by atoms with van der Waals surface area (Å²) in [4.78, 5) is 6.18. The van der Waals surface area contributed by atoms with Crippen molar-refractivity contribution in [2.75, 3.05) is 32.5 Å². The van der Waals surface area contributed by atoms with Gasteiger partial charge in [-0.25, -0.2) is 4.98 Å². The molecule has 0 amide bonds. The molecule has 5 nitrogen and oxygen atoms in total. The van der Waals surface area contributed by atoms with E-state index in [1.54, 1.807) is 0 Å². The molecular weight excluding hydrogens is 298 g/mol. The number of quaternary nitrogens is 1. The monoisotopic (exact) mass is 320 g/mol. The van der Waals surface area contributed by atoms with E-state index in [2.05, 4.69) is 35.9 Å². The smallest absolute Gasteiger partial charge is 0.157 e. The van der Waals surface area contributed by atoms with E-state index < -0.39 is 0 Å². The SMILES string of the molecule is C[NH+](C)CCNc1c2c(c(C#N)c3nc4ccccc4n13)CCC2. The maximum Gasteiger partial charge on any atom is 0.157 e. The van der Waals surface area contributed by atoms with Crippen LogP contribution in [0.1, 0.15) is 23.1 Å². The second kappa shape index (κ2) is 5.81. The first-order chi connectivity index (χ1) is 11.7. The highest BCUT2D eigenvalue weighted by molar-refractivity contribution is 5.86. The molecule has 0 aliphatic heterocycles. The first-order valence-corrected chi connectivity index (χ1v) is 8.58. The summed E-state index contributed by atoms with van der Waals surface area (Å²) >= 11 is 0. The molecule has 1 aromatic carbocycles. The largest absolute Gasteiger partial charge is 0.365 e. The maximum atomic E-state index is 9.74. The molecule has 0 atom stereocenters. The number of benzene rings is 1. The normalized spacial score (nSPS) is 13.6. The van der Waals surface area contributed by atoms with Gasteiger partial charge >= 0.3 is 0 Å². The van der Waals surface area contributed by atoms with Crippen molar-refractivity contribution in [1.29, 1.82) is 5.26 Å². The summed E-state index contributed by atoms with van der Waals surface area (Å²) in [6, 6.07) is 10.5. The quantitative estimate of drug-likeness (QED) is 0.764. The molecule has 0 bridgehead atoms. The lowest BCUT2D eigenvalue weighted by Gasteiger charge is -2.17. The Morgan fingerprint density at radius 1 is 1.25 bits per heavy atom. The van der Waals surface area contributed by atoms with Crippen LogP contribution in [0.2, 0.25) is 0 Å². The first-order valence-electron chi connectivity index (χ1n) is 8.58. The summed E-state index contributed by atoms with van der Waals surface area (Å²) in [6.45, 7) is 1.95. The molecule has 0 spiro atoms. The van der Waals surface area contributed by atoms with Crippen molar-refractivity contribution < 1.29 is 4.90 Å². The number of hydrogen-bond acceptors (Lipinski definition) is 3. The molecule has 4 rings (SSSR count). The van der Waals surface area contributed by atoms with Gasteiger partial charge in [-0.15, -0.1) is 0 Å². The Kier molecular flexibility index (Phi) is 3.62. The summed E-state index contributed by atoms with van der Waals surface area (Å²) < 4.78 is 2.16. The zero-order chi connectivity index (χ0) is 16.7. The lowest BCUT2D eigenvalue weighted by atomic mass is 10.1. The average Bonchev–Trinajstić information content (AvgIpc) is 3.18. The predicted molar refractivity (Wildman–Crippen MR) is 95.6 cm³/mol. The Bertz CT molecular complexity index is 961. The number of fused-ring (bicyclic) bond motifs is 4. The van der Waals surface area contributed by atoms with Crippen LogP contribution < -0.4 is 10.2 Å². The molecule has 5 heteroatoms. The fourth-order valence-corrected chi connectivity index (χ4v) is 3.71. The summed E-state index contributed by atoms with van der Waals surface area (Å²) in [5.74, 6) is 1.13. The summed E-state index contributed by atoms with van der Waals surface area (Å²) in [5.41, 5.74) is 6.05. The Morgan fingerprint density at radius 2 is 2.04 bits per heavy atom. The minimum absolute atomic E-state index is 0.752. The fraction of sp³-hybridized carbons (Fsp3) is 0.368. The number of rotatable bonds is 4. The van der Waals surface area contributed by atoms with Crippen LogP contribution in [0, 0.1) is 11.3 Å². The third-order valence-corrected chi connectivity index (χ3v) is 4.84. The predicted octanol–water partition coefficient (Wildman–Crippen LogP) is 1.40. The van der Waals surface area contributed by atoms with E-state index in [-0.39, 0.29) is 0 Å². The number of para-hydroxylation sites is 2. The van der Waals surface area contributed by atoms with Crippen molar-refractivity contribution in [1.82, 2.24) is 9.38 Å². The van der Waals surface area contributed by atoms with Crippen LogP contribution in [0.4, 0.5) is 5.82 Å². The Labute approximate surface area is 141 Å². The maximum absolute atomic E-state index is 9.74. The molecule has 2 aromatic heterocycles. The molecule has 0 saturated carbocycles. The minimum Gasteiger partial charge on any atom is -0.365 e. The van der Waals surface area contributed by atoms with Crippen molar-refractivity contribution in [2.24, 2.45) is 0 Å². The van der Waals surface area contributed by atoms with Gasteiger partial charge in [-0.05, 0) is 42.5 Å². The molecule has 1 aliphatic rings. The third kappa shape index (κ3) is 2.22. The highest BCUT2D eigenvalue weighted by Crippen LogP contribution is 2.36. The standard InChI is InChI=1S/C19H21N5/c1-23(2)11-10-21-18-14-7-5-6-13(14)15(12-20)19-22-16-8-3-4-9-17(16)24(18)19/h3-4,8-9,21H,5-7,10-11H2,1-2H3/p+1. The van der Waals surface area contributed by atoms with Gasteiger partial charge in [0.1, 0.15) is 11.9 Å². The number of pyridine rings is 1. The number of anilines is 1. The Hall–Kier alpha value is -2.58. The number of likely N-dealkylation sites (N-methyl/N-ethyl adjacent to an activating group) is 1. The van der Waals surface area contributed by atoms with Gasteiger partial charge in [0, 0.05) is 0 Å². The lowest BCUT2D eigenvalue weighted by Crippen LogP contribution is -3.06. The van der Waals surface area contributed by atoms with E-state index in [4.69, 9.17) is 4.98 Å². The van der Waals surface area contributed by atoms with Crippen LogP contribution >= 0.6 is 0 Å². The van der Waals surface area contributed by atoms with E-state index in [0.717, 1.165) is 60.4 Å². The molecule has 1 aliphatic carbocycles. The van der Waals surface area contributed by atoms with Gasteiger partial charge in [0.25, 0.3) is 0 Å². The van der Waals surface area contributed by atoms with E-state index >= 15 is 0 Å². The van der Waals surface area contributed by atoms with E-state index in [9.17, 15) is 5.26 Å². The number of nitrogens with zero attached hydrogens (tertiary/aromatic N) is 3. The van der Waals surface area contributed by atoms with Gasteiger partial charge in [-0.1, -0.05) is 12.1 Å². The minimum atomic E-state index is 0.752. The van der Waals surface area contributed by atoms with Gasteiger partial charge in [0.2, 0.25) is 0 Å². The molecule has 0 unspecified atom stereocenters. The van der Waals surface area contributed by atoms with Crippen LogP contribution in [0.5, 0.6) is 0 Å². The van der Waals surface area contributed by atoms with Crippen LogP contribution in [-0.4, -0.2) is 36.6 Å². The molecule has 122 valence electrons. The zero-order valence-electron chi connectivity index (χ0n) is 14.2. The summed E-state index contributed by atoms with van der Waals surface area (Å²) in [7, 11) is 4.32. The molecular formula is C19H22N5+. The topological polar surface area (TPSA) is 57.6 Å². The fourth-order valence-electron chi connectivity index (χ4n) is 3.71. The molecule has 0 saturated heterocycles. The average molecular weight is 320 g/mol. The summed E-state index contributed by atoms with van der Waals surface area (Å²) in [5, 5.41) is 13.4. The lowest BCUT2D eigenvalue weighted by molar-refractivity contribution is -0.856. The molecule has 3 aromatic rings. The number of nitriles is 1. The molecule has 0 fully saturated rings. The number of nitrogens with one attached hydrogen (secondary N) is 2. The van der Waals surface area contributed by atoms with Crippen molar-refractivity contribution in [3.8, 4) is 6.07 Å². The summed E-state index contributed by atoms with van der Waals surface area (Å²) in [6.07, 6.45) is 3.12. The highest BCUT2D eigenvalue weighted by atomic mass is 15.1. The van der Waals surface area contributed by atoms with Crippen LogP contribution in [-0.2, 0) is 12.8 Å². The van der Waals surface area contributed by atoms with Gasteiger partial charge in [-0.2, -0.15) is 5.26 Å². The van der Waals surface area contributed by atoms with Gasteiger partial charge < -0.3 is 10.2 Å². The molecule has 24 heavy (non-hydrogen) atoms.